The molecule has 1 aromatic carbocycles. The summed E-state index contributed by atoms with van der Waals surface area (Å²) in [5.41, 5.74) is 2.43. The van der Waals surface area contributed by atoms with Gasteiger partial charge in [0, 0.05) is 19.5 Å². The second-order valence-electron chi connectivity index (χ2n) is 7.36. The van der Waals surface area contributed by atoms with Gasteiger partial charge in [0.05, 0.1) is 29.5 Å². The normalized spacial score (nSPS) is 20.2. The summed E-state index contributed by atoms with van der Waals surface area (Å²) in [5.74, 6) is 0.329. The molecule has 2 amide bonds. The standard InChI is InChI=1S/C20H24N4O2/c1-23(13-15-12-21-16-6-2-3-7-17(16)22-15)20(26)18-8-4-5-11-24(18)19(25)14-9-10-14/h2-3,6-7,12,14,18H,4-5,8-11,13H2,1H3/t18-/m1/s1. The number of benzene rings is 1. The zero-order chi connectivity index (χ0) is 18.1. The van der Waals surface area contributed by atoms with Crippen molar-refractivity contribution in [1.29, 1.82) is 0 Å². The van der Waals surface area contributed by atoms with Crippen molar-refractivity contribution >= 4 is 22.8 Å². The van der Waals surface area contributed by atoms with Crippen LogP contribution in [0.1, 0.15) is 37.8 Å². The van der Waals surface area contributed by atoms with E-state index in [9.17, 15) is 9.59 Å². The molecule has 2 heterocycles. The molecule has 0 N–H and O–H groups in total. The summed E-state index contributed by atoms with van der Waals surface area (Å²) in [5, 5.41) is 0. The maximum Gasteiger partial charge on any atom is 0.245 e. The number of carbonyl (C=O) groups is 2. The van der Waals surface area contributed by atoms with E-state index >= 15 is 0 Å². The van der Waals surface area contributed by atoms with E-state index in [1.165, 1.54) is 0 Å². The Labute approximate surface area is 153 Å². The molecule has 1 aliphatic heterocycles. The Morgan fingerprint density at radius 2 is 1.92 bits per heavy atom. The monoisotopic (exact) mass is 352 g/mol. The number of para-hydroxylation sites is 2. The van der Waals surface area contributed by atoms with Crippen molar-refractivity contribution in [3.63, 3.8) is 0 Å². The molecule has 1 saturated heterocycles. The highest BCUT2D eigenvalue weighted by Crippen LogP contribution is 2.33. The second kappa shape index (κ2) is 7.02. The molecule has 0 radical (unpaired) electrons. The molecule has 2 aliphatic rings. The fourth-order valence-corrected chi connectivity index (χ4v) is 3.66. The van der Waals surface area contributed by atoms with Crippen molar-refractivity contribution in [2.45, 2.75) is 44.7 Å². The van der Waals surface area contributed by atoms with Gasteiger partial charge in [-0.1, -0.05) is 12.1 Å². The van der Waals surface area contributed by atoms with Gasteiger partial charge in [0.15, 0.2) is 0 Å². The van der Waals surface area contributed by atoms with Crippen molar-refractivity contribution in [1.82, 2.24) is 19.8 Å². The summed E-state index contributed by atoms with van der Waals surface area (Å²) in [6.07, 6.45) is 6.40. The molecule has 1 saturated carbocycles. The molecule has 6 nitrogen and oxygen atoms in total. The lowest BCUT2D eigenvalue weighted by Gasteiger charge is -2.37. The predicted molar refractivity (Wildman–Crippen MR) is 98.1 cm³/mol. The number of carbonyl (C=O) groups excluding carboxylic acids is 2. The molecule has 1 aromatic heterocycles. The zero-order valence-corrected chi connectivity index (χ0v) is 15.1. The van der Waals surface area contributed by atoms with Crippen molar-refractivity contribution in [2.75, 3.05) is 13.6 Å². The van der Waals surface area contributed by atoms with Crippen molar-refractivity contribution in [3.05, 3.63) is 36.2 Å². The summed E-state index contributed by atoms with van der Waals surface area (Å²) in [6.45, 7) is 1.11. The first-order chi connectivity index (χ1) is 12.6. The maximum absolute atomic E-state index is 13.0. The molecule has 0 spiro atoms. The average molecular weight is 352 g/mol. The number of fused-ring (bicyclic) bond motifs is 1. The Balaban J connectivity index is 1.47. The van der Waals surface area contributed by atoms with Gasteiger partial charge in [-0.25, -0.2) is 4.98 Å². The molecule has 26 heavy (non-hydrogen) atoms. The van der Waals surface area contributed by atoms with Gasteiger partial charge < -0.3 is 9.80 Å². The largest absolute Gasteiger partial charge is 0.338 e. The molecule has 4 rings (SSSR count). The van der Waals surface area contributed by atoms with Crippen LogP contribution < -0.4 is 0 Å². The third kappa shape index (κ3) is 3.41. The molecule has 0 unspecified atom stereocenters. The molecule has 0 bridgehead atoms. The van der Waals surface area contributed by atoms with Crippen LogP contribution in [0.15, 0.2) is 30.5 Å². The van der Waals surface area contributed by atoms with E-state index in [-0.39, 0.29) is 23.8 Å². The molecular formula is C20H24N4O2. The van der Waals surface area contributed by atoms with Crippen molar-refractivity contribution < 1.29 is 9.59 Å². The van der Waals surface area contributed by atoms with Crippen molar-refractivity contribution in [2.24, 2.45) is 5.92 Å². The zero-order valence-electron chi connectivity index (χ0n) is 15.1. The van der Waals surface area contributed by atoms with Gasteiger partial charge in [-0.3, -0.25) is 14.6 Å². The van der Waals surface area contributed by atoms with Gasteiger partial charge in [-0.05, 0) is 44.2 Å². The van der Waals surface area contributed by atoms with Crippen LogP contribution in [0.5, 0.6) is 0 Å². The number of nitrogens with zero attached hydrogens (tertiary/aromatic N) is 4. The minimum atomic E-state index is -0.324. The first-order valence-corrected chi connectivity index (χ1v) is 9.39. The van der Waals surface area contributed by atoms with Gasteiger partial charge in [0.1, 0.15) is 6.04 Å². The molecule has 1 atom stereocenters. The van der Waals surface area contributed by atoms with Crippen LogP contribution >= 0.6 is 0 Å². The third-order valence-electron chi connectivity index (χ3n) is 5.27. The fourth-order valence-electron chi connectivity index (χ4n) is 3.66. The first-order valence-electron chi connectivity index (χ1n) is 9.39. The minimum absolute atomic E-state index is 0.00802. The van der Waals surface area contributed by atoms with E-state index in [4.69, 9.17) is 0 Å². The predicted octanol–water partition coefficient (Wildman–Crippen LogP) is 2.38. The van der Waals surface area contributed by atoms with Crippen LogP contribution in [-0.2, 0) is 16.1 Å². The van der Waals surface area contributed by atoms with Gasteiger partial charge >= 0.3 is 0 Å². The number of hydrogen-bond acceptors (Lipinski definition) is 4. The molecule has 136 valence electrons. The number of likely N-dealkylation sites (tertiary alicyclic amines) is 1. The lowest BCUT2D eigenvalue weighted by molar-refractivity contribution is -0.148. The SMILES string of the molecule is CN(Cc1cnc2ccccc2n1)C(=O)[C@H]1CCCCN1C(=O)C1CC1. The van der Waals surface area contributed by atoms with Gasteiger partial charge in [0.25, 0.3) is 0 Å². The summed E-state index contributed by atoms with van der Waals surface area (Å²) < 4.78 is 0. The summed E-state index contributed by atoms with van der Waals surface area (Å²) in [6, 6.07) is 7.38. The molecular weight excluding hydrogens is 328 g/mol. The molecule has 1 aliphatic carbocycles. The van der Waals surface area contributed by atoms with E-state index < -0.39 is 0 Å². The first kappa shape index (κ1) is 16.9. The van der Waals surface area contributed by atoms with E-state index in [1.54, 1.807) is 18.1 Å². The molecule has 6 heteroatoms. The third-order valence-corrected chi connectivity index (χ3v) is 5.27. The van der Waals surface area contributed by atoms with Crippen LogP contribution in [0.2, 0.25) is 0 Å². The van der Waals surface area contributed by atoms with Crippen LogP contribution in [0, 0.1) is 5.92 Å². The highest BCUT2D eigenvalue weighted by molar-refractivity contribution is 5.89. The molecule has 2 aromatic rings. The Bertz CT molecular complexity index is 833. The number of amides is 2. The number of aromatic nitrogens is 2. The summed E-state index contributed by atoms with van der Waals surface area (Å²) in [7, 11) is 1.79. The second-order valence-corrected chi connectivity index (χ2v) is 7.36. The van der Waals surface area contributed by atoms with Gasteiger partial charge in [0.2, 0.25) is 11.8 Å². The Hall–Kier alpha value is -2.50. The van der Waals surface area contributed by atoms with Crippen LogP contribution in [0.25, 0.3) is 11.0 Å². The van der Waals surface area contributed by atoms with E-state index in [0.29, 0.717) is 13.1 Å². The Kier molecular flexibility index (Phi) is 4.57. The minimum Gasteiger partial charge on any atom is -0.338 e. The Morgan fingerprint density at radius 1 is 1.15 bits per heavy atom. The number of hydrogen-bond donors (Lipinski definition) is 0. The number of piperidine rings is 1. The van der Waals surface area contributed by atoms with E-state index in [2.05, 4.69) is 9.97 Å². The lowest BCUT2D eigenvalue weighted by atomic mass is 10.00. The quantitative estimate of drug-likeness (QED) is 0.847. The number of rotatable bonds is 4. The fraction of sp³-hybridized carbons (Fsp3) is 0.500. The summed E-state index contributed by atoms with van der Waals surface area (Å²) in [4.78, 5) is 38.1. The van der Waals surface area contributed by atoms with Crippen molar-refractivity contribution in [3.8, 4) is 0 Å². The smallest absolute Gasteiger partial charge is 0.245 e. The highest BCUT2D eigenvalue weighted by atomic mass is 16.2. The number of likely N-dealkylation sites (N-methyl/N-ethyl adjacent to an activating group) is 1. The molecule has 2 fully saturated rings. The van der Waals surface area contributed by atoms with Crippen LogP contribution in [0.4, 0.5) is 0 Å². The van der Waals surface area contributed by atoms with E-state index in [1.807, 2.05) is 29.2 Å². The van der Waals surface area contributed by atoms with Gasteiger partial charge in [-0.15, -0.1) is 0 Å². The van der Waals surface area contributed by atoms with Gasteiger partial charge in [-0.2, -0.15) is 0 Å². The maximum atomic E-state index is 13.0. The summed E-state index contributed by atoms with van der Waals surface area (Å²) >= 11 is 0. The lowest BCUT2D eigenvalue weighted by Crippen LogP contribution is -2.52. The topological polar surface area (TPSA) is 66.4 Å². The van der Waals surface area contributed by atoms with E-state index in [0.717, 1.165) is 48.8 Å². The van der Waals surface area contributed by atoms with Crippen LogP contribution in [0.3, 0.4) is 0 Å². The Morgan fingerprint density at radius 3 is 2.69 bits per heavy atom. The highest BCUT2D eigenvalue weighted by Gasteiger charge is 2.40. The van der Waals surface area contributed by atoms with Crippen LogP contribution in [-0.4, -0.2) is 51.2 Å². The average Bonchev–Trinajstić information content (AvgIpc) is 3.52.